The maximum atomic E-state index is 12.5. The van der Waals surface area contributed by atoms with Crippen LogP contribution in [0.2, 0.25) is 0 Å². The Morgan fingerprint density at radius 2 is 1.84 bits per heavy atom. The van der Waals surface area contributed by atoms with Gasteiger partial charge in [0.15, 0.2) is 0 Å². The summed E-state index contributed by atoms with van der Waals surface area (Å²) in [6.07, 6.45) is -0.274. The van der Waals surface area contributed by atoms with Crippen LogP contribution in [0, 0.1) is 0 Å². The highest BCUT2D eigenvalue weighted by Crippen LogP contribution is 2.30. The number of hydrogen-bond donors (Lipinski definition) is 2. The van der Waals surface area contributed by atoms with E-state index >= 15 is 0 Å². The van der Waals surface area contributed by atoms with Gasteiger partial charge in [-0.3, -0.25) is 24.1 Å². The third-order valence-corrected chi connectivity index (χ3v) is 3.66. The van der Waals surface area contributed by atoms with E-state index in [4.69, 9.17) is 16.2 Å². The highest BCUT2D eigenvalue weighted by atomic mass is 16.6. The lowest BCUT2D eigenvalue weighted by Crippen LogP contribution is -2.48. The van der Waals surface area contributed by atoms with Crippen LogP contribution in [-0.4, -0.2) is 40.2 Å². The molecule has 1 aromatic carbocycles. The summed E-state index contributed by atoms with van der Waals surface area (Å²) in [6, 6.07) is 3.24. The minimum Gasteiger partial charge on any atom is -0.460 e. The number of fused-ring (bicyclic) bond motifs is 1. The molecule has 4 N–H and O–H groups in total. The van der Waals surface area contributed by atoms with Gasteiger partial charge < -0.3 is 16.2 Å². The fourth-order valence-corrected chi connectivity index (χ4v) is 2.66. The van der Waals surface area contributed by atoms with E-state index in [-0.39, 0.29) is 29.7 Å². The van der Waals surface area contributed by atoms with Crippen molar-refractivity contribution in [3.63, 3.8) is 0 Å². The summed E-state index contributed by atoms with van der Waals surface area (Å²) in [4.78, 5) is 49.5. The van der Waals surface area contributed by atoms with Gasteiger partial charge in [-0.1, -0.05) is 6.07 Å². The van der Waals surface area contributed by atoms with Crippen LogP contribution < -0.4 is 11.5 Å². The zero-order chi connectivity index (χ0) is 18.9. The lowest BCUT2D eigenvalue weighted by Gasteiger charge is -2.24. The summed E-state index contributed by atoms with van der Waals surface area (Å²) >= 11 is 0. The molecular weight excluding hydrogens is 326 g/mol. The summed E-state index contributed by atoms with van der Waals surface area (Å²) in [6.45, 7) is 5.14. The first-order valence-corrected chi connectivity index (χ1v) is 7.80. The zero-order valence-corrected chi connectivity index (χ0v) is 14.4. The molecule has 0 bridgehead atoms. The maximum absolute atomic E-state index is 12.5. The summed E-state index contributed by atoms with van der Waals surface area (Å²) in [7, 11) is 0. The number of imide groups is 1. The predicted octanol–water partition coefficient (Wildman–Crippen LogP) is 0.841. The molecule has 1 aromatic rings. The molecule has 0 aromatic heterocycles. The van der Waals surface area contributed by atoms with Crippen molar-refractivity contribution in [2.45, 2.75) is 45.3 Å². The second kappa shape index (κ2) is 6.54. The SMILES string of the molecule is CC(C)(C)OC(=O)CC[C@@H](C(N)=O)N1C(=O)c2cccc(N)c2C1=O. The average Bonchev–Trinajstić information content (AvgIpc) is 2.71. The maximum Gasteiger partial charge on any atom is 0.306 e. The topological polar surface area (TPSA) is 133 Å². The zero-order valence-electron chi connectivity index (χ0n) is 14.4. The molecule has 3 amide bonds. The Morgan fingerprint density at radius 1 is 1.20 bits per heavy atom. The van der Waals surface area contributed by atoms with Crippen LogP contribution in [-0.2, 0) is 14.3 Å². The number of hydrogen-bond acceptors (Lipinski definition) is 6. The first-order chi connectivity index (χ1) is 11.5. The monoisotopic (exact) mass is 347 g/mol. The average molecular weight is 347 g/mol. The summed E-state index contributed by atoms with van der Waals surface area (Å²) in [5.41, 5.74) is 10.8. The van der Waals surface area contributed by atoms with Crippen LogP contribution in [0.5, 0.6) is 0 Å². The quantitative estimate of drug-likeness (QED) is 0.461. The number of amides is 3. The van der Waals surface area contributed by atoms with E-state index in [0.717, 1.165) is 4.90 Å². The third-order valence-electron chi connectivity index (χ3n) is 3.66. The van der Waals surface area contributed by atoms with E-state index in [1.54, 1.807) is 26.8 Å². The first-order valence-electron chi connectivity index (χ1n) is 7.80. The molecule has 0 spiro atoms. The molecule has 1 aliphatic heterocycles. The lowest BCUT2D eigenvalue weighted by atomic mass is 10.1. The molecular formula is C17H21N3O5. The first kappa shape index (κ1) is 18.4. The number of anilines is 1. The number of primary amides is 1. The highest BCUT2D eigenvalue weighted by molar-refractivity contribution is 6.24. The van der Waals surface area contributed by atoms with Crippen LogP contribution in [0.15, 0.2) is 18.2 Å². The van der Waals surface area contributed by atoms with Crippen molar-refractivity contribution in [2.24, 2.45) is 5.73 Å². The van der Waals surface area contributed by atoms with Crippen molar-refractivity contribution in [1.82, 2.24) is 4.90 Å². The highest BCUT2D eigenvalue weighted by Gasteiger charge is 2.43. The molecule has 25 heavy (non-hydrogen) atoms. The Bertz CT molecular complexity index is 751. The second-order valence-corrected chi connectivity index (χ2v) is 6.79. The fraction of sp³-hybridized carbons (Fsp3) is 0.412. The second-order valence-electron chi connectivity index (χ2n) is 6.79. The third kappa shape index (κ3) is 3.78. The molecule has 2 rings (SSSR count). The molecule has 134 valence electrons. The van der Waals surface area contributed by atoms with Crippen LogP contribution in [0.25, 0.3) is 0 Å². The summed E-state index contributed by atoms with van der Waals surface area (Å²) < 4.78 is 5.17. The molecule has 1 aliphatic rings. The van der Waals surface area contributed by atoms with Gasteiger partial charge in [0, 0.05) is 12.1 Å². The van der Waals surface area contributed by atoms with Crippen LogP contribution in [0.3, 0.4) is 0 Å². The van der Waals surface area contributed by atoms with E-state index in [9.17, 15) is 19.2 Å². The Morgan fingerprint density at radius 3 is 2.36 bits per heavy atom. The van der Waals surface area contributed by atoms with Crippen molar-refractivity contribution in [1.29, 1.82) is 0 Å². The van der Waals surface area contributed by atoms with Gasteiger partial charge in [-0.05, 0) is 39.3 Å². The largest absolute Gasteiger partial charge is 0.460 e. The van der Waals surface area contributed by atoms with Crippen molar-refractivity contribution >= 4 is 29.4 Å². The van der Waals surface area contributed by atoms with Crippen LogP contribution >= 0.6 is 0 Å². The predicted molar refractivity (Wildman–Crippen MR) is 89.4 cm³/mol. The molecule has 8 nitrogen and oxygen atoms in total. The van der Waals surface area contributed by atoms with E-state index in [0.29, 0.717) is 0 Å². The van der Waals surface area contributed by atoms with Gasteiger partial charge in [0.2, 0.25) is 5.91 Å². The van der Waals surface area contributed by atoms with Crippen molar-refractivity contribution in [3.8, 4) is 0 Å². The molecule has 0 aliphatic carbocycles. The van der Waals surface area contributed by atoms with Crippen molar-refractivity contribution < 1.29 is 23.9 Å². The van der Waals surface area contributed by atoms with Gasteiger partial charge in [-0.25, -0.2) is 0 Å². The number of carbonyl (C=O) groups excluding carboxylic acids is 4. The summed E-state index contributed by atoms with van der Waals surface area (Å²) in [5.74, 6) is -2.77. The normalized spacial score (nSPS) is 15.1. The van der Waals surface area contributed by atoms with Crippen molar-refractivity contribution in [3.05, 3.63) is 29.3 Å². The minimum atomic E-state index is -1.25. The van der Waals surface area contributed by atoms with Gasteiger partial charge in [-0.2, -0.15) is 0 Å². The van der Waals surface area contributed by atoms with Gasteiger partial charge in [-0.15, -0.1) is 0 Å². The molecule has 0 saturated heterocycles. The van der Waals surface area contributed by atoms with Gasteiger partial charge in [0.05, 0.1) is 11.1 Å². The number of rotatable bonds is 5. The van der Waals surface area contributed by atoms with Crippen LogP contribution in [0.4, 0.5) is 5.69 Å². The Kier molecular flexibility index (Phi) is 4.82. The molecule has 1 heterocycles. The Balaban J connectivity index is 2.21. The van der Waals surface area contributed by atoms with Gasteiger partial charge in [0.1, 0.15) is 11.6 Å². The van der Waals surface area contributed by atoms with Crippen molar-refractivity contribution in [2.75, 3.05) is 5.73 Å². The van der Waals surface area contributed by atoms with E-state index in [1.165, 1.54) is 12.1 Å². The molecule has 0 unspecified atom stereocenters. The molecule has 0 radical (unpaired) electrons. The lowest BCUT2D eigenvalue weighted by molar-refractivity contribution is -0.155. The number of nitrogens with zero attached hydrogens (tertiary/aromatic N) is 1. The van der Waals surface area contributed by atoms with Crippen LogP contribution in [0.1, 0.15) is 54.3 Å². The standard InChI is InChI=1S/C17H21N3O5/c1-17(2,3)25-12(21)8-7-11(14(19)22)20-15(23)9-5-4-6-10(18)13(9)16(20)24/h4-6,11H,7-8,18H2,1-3H3,(H2,19,22)/t11-/m0/s1. The minimum absolute atomic E-state index is 0.0519. The number of carbonyl (C=O) groups is 4. The molecule has 8 heteroatoms. The Labute approximate surface area is 145 Å². The number of nitrogens with two attached hydrogens (primary N) is 2. The number of nitrogen functional groups attached to an aromatic ring is 1. The van der Waals surface area contributed by atoms with Gasteiger partial charge in [0.25, 0.3) is 11.8 Å². The Hall–Kier alpha value is -2.90. The van der Waals surface area contributed by atoms with E-state index in [2.05, 4.69) is 0 Å². The number of esters is 1. The number of benzene rings is 1. The van der Waals surface area contributed by atoms with E-state index in [1.807, 2.05) is 0 Å². The fourth-order valence-electron chi connectivity index (χ4n) is 2.66. The molecule has 1 atom stereocenters. The van der Waals surface area contributed by atoms with Gasteiger partial charge >= 0.3 is 5.97 Å². The smallest absolute Gasteiger partial charge is 0.306 e. The molecule has 0 fully saturated rings. The number of ether oxygens (including phenoxy) is 1. The van der Waals surface area contributed by atoms with E-state index < -0.39 is 35.3 Å². The molecule has 0 saturated carbocycles. The summed E-state index contributed by atoms with van der Waals surface area (Å²) in [5, 5.41) is 0.